The Balaban J connectivity index is 2.31. The predicted octanol–water partition coefficient (Wildman–Crippen LogP) is 1.26. The van der Waals surface area contributed by atoms with E-state index >= 15 is 0 Å². The molecule has 0 aliphatic rings. The minimum Gasteiger partial charge on any atom is -0.453 e. The highest BCUT2D eigenvalue weighted by Gasteiger charge is 2.04. The van der Waals surface area contributed by atoms with Crippen LogP contribution in [0, 0.1) is 0 Å². The molecule has 1 aromatic heterocycles. The van der Waals surface area contributed by atoms with Crippen LogP contribution in [0.1, 0.15) is 12.5 Å². The maximum absolute atomic E-state index is 10.9. The molecule has 94 valence electrons. The van der Waals surface area contributed by atoms with E-state index in [4.69, 9.17) is 0 Å². The minimum atomic E-state index is -0.384. The summed E-state index contributed by atoms with van der Waals surface area (Å²) in [4.78, 5) is 17.1. The van der Waals surface area contributed by atoms with Gasteiger partial charge in [-0.05, 0) is 24.2 Å². The number of aromatic nitrogens is 1. The number of ether oxygens (including phenoxy) is 1. The lowest BCUT2D eigenvalue weighted by Crippen LogP contribution is -2.34. The molecule has 0 aliphatic carbocycles. The topological polar surface area (TPSA) is 54.5 Å². The van der Waals surface area contributed by atoms with Gasteiger partial charge in [-0.25, -0.2) is 4.79 Å². The first-order chi connectivity index (χ1) is 8.26. The van der Waals surface area contributed by atoms with Gasteiger partial charge in [-0.1, -0.05) is 6.92 Å². The lowest BCUT2D eigenvalue weighted by Gasteiger charge is -2.20. The average molecular weight is 237 g/mol. The zero-order valence-corrected chi connectivity index (χ0v) is 10.3. The van der Waals surface area contributed by atoms with Crippen molar-refractivity contribution in [1.29, 1.82) is 0 Å². The van der Waals surface area contributed by atoms with Crippen molar-refractivity contribution in [2.24, 2.45) is 0 Å². The molecule has 0 radical (unpaired) electrons. The van der Waals surface area contributed by atoms with Crippen LogP contribution in [-0.4, -0.2) is 42.7 Å². The first-order valence-electron chi connectivity index (χ1n) is 5.69. The highest BCUT2D eigenvalue weighted by Crippen LogP contribution is 2.01. The molecule has 0 saturated carbocycles. The number of carbonyl (C=O) groups excluding carboxylic acids is 1. The number of rotatable bonds is 6. The molecule has 0 aliphatic heterocycles. The maximum atomic E-state index is 10.9. The number of amides is 1. The lowest BCUT2D eigenvalue weighted by atomic mass is 10.2. The Bertz CT molecular complexity index is 330. The maximum Gasteiger partial charge on any atom is 0.406 e. The van der Waals surface area contributed by atoms with Gasteiger partial charge in [0.2, 0.25) is 0 Å². The van der Waals surface area contributed by atoms with E-state index in [1.165, 1.54) is 12.7 Å². The van der Waals surface area contributed by atoms with E-state index in [1.54, 1.807) is 12.4 Å². The summed E-state index contributed by atoms with van der Waals surface area (Å²) in [6.45, 7) is 5.28. The van der Waals surface area contributed by atoms with Crippen molar-refractivity contribution in [3.8, 4) is 0 Å². The van der Waals surface area contributed by atoms with Crippen molar-refractivity contribution in [1.82, 2.24) is 15.2 Å². The van der Waals surface area contributed by atoms with Crippen LogP contribution in [0.5, 0.6) is 0 Å². The molecular weight excluding hydrogens is 218 g/mol. The number of carbonyl (C=O) groups is 1. The Morgan fingerprint density at radius 2 is 2.18 bits per heavy atom. The zero-order chi connectivity index (χ0) is 12.5. The van der Waals surface area contributed by atoms with Gasteiger partial charge in [0.05, 0.1) is 7.11 Å². The van der Waals surface area contributed by atoms with Crippen LogP contribution in [0.15, 0.2) is 24.5 Å². The first kappa shape index (κ1) is 13.4. The Morgan fingerprint density at radius 3 is 2.76 bits per heavy atom. The minimum absolute atomic E-state index is 0.384. The van der Waals surface area contributed by atoms with E-state index in [0.717, 1.165) is 19.6 Å². The zero-order valence-electron chi connectivity index (χ0n) is 10.3. The van der Waals surface area contributed by atoms with Crippen LogP contribution in [0.3, 0.4) is 0 Å². The number of nitrogens with zero attached hydrogens (tertiary/aromatic N) is 2. The molecule has 1 heterocycles. The number of pyridine rings is 1. The molecule has 0 spiro atoms. The summed E-state index contributed by atoms with van der Waals surface area (Å²) < 4.78 is 4.51. The van der Waals surface area contributed by atoms with E-state index in [-0.39, 0.29) is 6.09 Å². The van der Waals surface area contributed by atoms with E-state index < -0.39 is 0 Å². The van der Waals surface area contributed by atoms with Crippen LogP contribution < -0.4 is 5.32 Å². The summed E-state index contributed by atoms with van der Waals surface area (Å²) in [5.41, 5.74) is 1.22. The van der Waals surface area contributed by atoms with Gasteiger partial charge in [-0.2, -0.15) is 0 Å². The molecule has 1 N–H and O–H groups in total. The van der Waals surface area contributed by atoms with Gasteiger partial charge in [0.25, 0.3) is 0 Å². The van der Waals surface area contributed by atoms with Gasteiger partial charge in [-0.3, -0.25) is 9.88 Å². The summed E-state index contributed by atoms with van der Waals surface area (Å²) >= 11 is 0. The standard InChI is InChI=1S/C12H19N3O2/c1-3-15(9-8-14-12(16)17-2)10-11-4-6-13-7-5-11/h4-7H,3,8-10H2,1-2H3,(H,14,16). The monoisotopic (exact) mass is 237 g/mol. The highest BCUT2D eigenvalue weighted by molar-refractivity contribution is 5.66. The van der Waals surface area contributed by atoms with Gasteiger partial charge in [0.15, 0.2) is 0 Å². The molecule has 0 bridgehead atoms. The smallest absolute Gasteiger partial charge is 0.406 e. The second-order valence-corrected chi connectivity index (χ2v) is 3.64. The van der Waals surface area contributed by atoms with Gasteiger partial charge in [0, 0.05) is 32.0 Å². The van der Waals surface area contributed by atoms with Crippen molar-refractivity contribution in [2.75, 3.05) is 26.7 Å². The summed E-state index contributed by atoms with van der Waals surface area (Å²) in [6.07, 6.45) is 3.19. The summed E-state index contributed by atoms with van der Waals surface area (Å²) in [5, 5.41) is 2.67. The molecule has 1 amide bonds. The normalized spacial score (nSPS) is 10.3. The van der Waals surface area contributed by atoms with Crippen LogP contribution in [0.4, 0.5) is 4.79 Å². The Morgan fingerprint density at radius 1 is 1.47 bits per heavy atom. The van der Waals surface area contributed by atoms with Crippen molar-refractivity contribution >= 4 is 6.09 Å². The average Bonchev–Trinajstić information content (AvgIpc) is 2.38. The van der Waals surface area contributed by atoms with E-state index in [0.29, 0.717) is 6.54 Å². The summed E-state index contributed by atoms with van der Waals surface area (Å²) in [5.74, 6) is 0. The van der Waals surface area contributed by atoms with Gasteiger partial charge in [-0.15, -0.1) is 0 Å². The first-order valence-corrected chi connectivity index (χ1v) is 5.69. The third kappa shape index (κ3) is 5.31. The van der Waals surface area contributed by atoms with Gasteiger partial charge in [0.1, 0.15) is 0 Å². The van der Waals surface area contributed by atoms with E-state index in [1.807, 2.05) is 12.1 Å². The highest BCUT2D eigenvalue weighted by atomic mass is 16.5. The van der Waals surface area contributed by atoms with Crippen molar-refractivity contribution in [2.45, 2.75) is 13.5 Å². The summed E-state index contributed by atoms with van der Waals surface area (Å²) in [7, 11) is 1.36. The second kappa shape index (κ2) is 7.62. The molecular formula is C12H19N3O2. The molecule has 1 aromatic rings. The van der Waals surface area contributed by atoms with Crippen LogP contribution in [-0.2, 0) is 11.3 Å². The molecule has 0 unspecified atom stereocenters. The number of nitrogens with one attached hydrogen (secondary N) is 1. The Hall–Kier alpha value is -1.62. The fraction of sp³-hybridized carbons (Fsp3) is 0.500. The van der Waals surface area contributed by atoms with E-state index in [2.05, 4.69) is 26.9 Å². The molecule has 17 heavy (non-hydrogen) atoms. The van der Waals surface area contributed by atoms with Crippen molar-refractivity contribution < 1.29 is 9.53 Å². The number of methoxy groups -OCH3 is 1. The quantitative estimate of drug-likeness (QED) is 0.809. The van der Waals surface area contributed by atoms with Gasteiger partial charge >= 0.3 is 6.09 Å². The number of likely N-dealkylation sites (N-methyl/N-ethyl adjacent to an activating group) is 1. The van der Waals surface area contributed by atoms with E-state index in [9.17, 15) is 4.79 Å². The number of hydrogen-bond acceptors (Lipinski definition) is 4. The fourth-order valence-corrected chi connectivity index (χ4v) is 1.48. The molecule has 5 nitrogen and oxygen atoms in total. The van der Waals surface area contributed by atoms with Crippen molar-refractivity contribution in [3.05, 3.63) is 30.1 Å². The Kier molecular flexibility index (Phi) is 6.03. The number of hydrogen-bond donors (Lipinski definition) is 1. The molecule has 1 rings (SSSR count). The molecule has 0 fully saturated rings. The van der Waals surface area contributed by atoms with Gasteiger partial charge < -0.3 is 10.1 Å². The third-order valence-corrected chi connectivity index (χ3v) is 2.49. The lowest BCUT2D eigenvalue weighted by molar-refractivity contribution is 0.168. The number of alkyl carbamates (subject to hydrolysis) is 1. The predicted molar refractivity (Wildman–Crippen MR) is 65.6 cm³/mol. The second-order valence-electron chi connectivity index (χ2n) is 3.64. The molecule has 5 heteroatoms. The molecule has 0 aromatic carbocycles. The SMILES string of the molecule is CCN(CCNC(=O)OC)Cc1ccncc1. The molecule has 0 atom stereocenters. The third-order valence-electron chi connectivity index (χ3n) is 2.49. The Labute approximate surface area is 102 Å². The molecule has 0 saturated heterocycles. The van der Waals surface area contributed by atoms with Crippen LogP contribution >= 0.6 is 0 Å². The largest absolute Gasteiger partial charge is 0.453 e. The van der Waals surface area contributed by atoms with Crippen molar-refractivity contribution in [3.63, 3.8) is 0 Å². The van der Waals surface area contributed by atoms with Crippen LogP contribution in [0.25, 0.3) is 0 Å². The van der Waals surface area contributed by atoms with Crippen LogP contribution in [0.2, 0.25) is 0 Å². The fourth-order valence-electron chi connectivity index (χ4n) is 1.48. The summed E-state index contributed by atoms with van der Waals surface area (Å²) in [6, 6.07) is 3.99.